The van der Waals surface area contributed by atoms with Crippen molar-refractivity contribution in [2.75, 3.05) is 26.2 Å². The van der Waals surface area contributed by atoms with E-state index in [1.807, 2.05) is 0 Å². The first kappa shape index (κ1) is 15.6. The van der Waals surface area contributed by atoms with Gasteiger partial charge in [-0.25, -0.2) is 9.97 Å². The summed E-state index contributed by atoms with van der Waals surface area (Å²) in [7, 11) is 0. The van der Waals surface area contributed by atoms with E-state index in [1.165, 1.54) is 5.69 Å². The third-order valence-electron chi connectivity index (χ3n) is 3.97. The Hall–Kier alpha value is -1.24. The molecule has 0 aromatic carbocycles. The summed E-state index contributed by atoms with van der Waals surface area (Å²) < 4.78 is 5.51. The van der Waals surface area contributed by atoms with E-state index in [9.17, 15) is 0 Å². The van der Waals surface area contributed by atoms with Gasteiger partial charge in [-0.05, 0) is 6.92 Å². The van der Waals surface area contributed by atoms with Gasteiger partial charge in [0.05, 0.1) is 16.4 Å². The zero-order valence-corrected chi connectivity index (χ0v) is 14.4. The molecule has 3 heterocycles. The van der Waals surface area contributed by atoms with Crippen molar-refractivity contribution in [3.05, 3.63) is 33.9 Å². The van der Waals surface area contributed by atoms with Crippen LogP contribution in [-0.4, -0.2) is 45.9 Å². The molecule has 1 saturated heterocycles. The van der Waals surface area contributed by atoms with E-state index < -0.39 is 0 Å². The summed E-state index contributed by atoms with van der Waals surface area (Å²) in [5.41, 5.74) is 2.25. The second-order valence-electron chi connectivity index (χ2n) is 6.24. The monoisotopic (exact) mass is 320 g/mol. The minimum absolute atomic E-state index is 0.354. The van der Waals surface area contributed by atoms with Gasteiger partial charge >= 0.3 is 0 Å². The fraction of sp³-hybridized carbons (Fsp3) is 0.625. The van der Waals surface area contributed by atoms with Gasteiger partial charge in [0.25, 0.3) is 0 Å². The molecule has 1 aliphatic rings. The first-order chi connectivity index (χ1) is 10.6. The number of aryl methyl sites for hydroxylation is 1. The fourth-order valence-electron chi connectivity index (χ4n) is 2.71. The van der Waals surface area contributed by atoms with Gasteiger partial charge in [0.15, 0.2) is 5.89 Å². The molecule has 1 aliphatic heterocycles. The van der Waals surface area contributed by atoms with E-state index in [0.29, 0.717) is 5.92 Å². The van der Waals surface area contributed by atoms with Crippen LogP contribution < -0.4 is 0 Å². The van der Waals surface area contributed by atoms with Crippen LogP contribution in [0.25, 0.3) is 0 Å². The Morgan fingerprint density at radius 1 is 1.09 bits per heavy atom. The van der Waals surface area contributed by atoms with Crippen molar-refractivity contribution in [1.29, 1.82) is 0 Å². The standard InChI is InChI=1S/C16H24N4OS/c1-12(2)16-18-14(10-21-16)8-19-4-6-20(7-5-19)9-15-11-22-13(3)17-15/h10-12H,4-9H2,1-3H3. The summed E-state index contributed by atoms with van der Waals surface area (Å²) in [5, 5.41) is 3.32. The van der Waals surface area contributed by atoms with E-state index in [1.54, 1.807) is 17.6 Å². The van der Waals surface area contributed by atoms with Crippen LogP contribution in [0.2, 0.25) is 0 Å². The zero-order valence-electron chi connectivity index (χ0n) is 13.6. The minimum atomic E-state index is 0.354. The van der Waals surface area contributed by atoms with Crippen molar-refractivity contribution >= 4 is 11.3 Å². The molecule has 0 radical (unpaired) electrons. The molecule has 2 aromatic rings. The Balaban J connectivity index is 1.47. The summed E-state index contributed by atoms with van der Waals surface area (Å²) in [6.07, 6.45) is 1.81. The van der Waals surface area contributed by atoms with Crippen LogP contribution in [0.1, 0.15) is 42.1 Å². The highest BCUT2D eigenvalue weighted by Gasteiger charge is 2.19. The molecule has 0 N–H and O–H groups in total. The quantitative estimate of drug-likeness (QED) is 0.847. The molecule has 1 fully saturated rings. The van der Waals surface area contributed by atoms with E-state index in [4.69, 9.17) is 4.42 Å². The summed E-state index contributed by atoms with van der Waals surface area (Å²) in [4.78, 5) is 14.0. The van der Waals surface area contributed by atoms with Crippen molar-refractivity contribution in [1.82, 2.24) is 19.8 Å². The largest absolute Gasteiger partial charge is 0.448 e. The predicted molar refractivity (Wildman–Crippen MR) is 88.0 cm³/mol. The molecule has 6 heteroatoms. The molecule has 2 aromatic heterocycles. The van der Waals surface area contributed by atoms with Crippen molar-refractivity contribution < 1.29 is 4.42 Å². The van der Waals surface area contributed by atoms with Gasteiger partial charge in [-0.3, -0.25) is 9.80 Å². The lowest BCUT2D eigenvalue weighted by molar-refractivity contribution is 0.120. The first-order valence-corrected chi connectivity index (χ1v) is 8.78. The Morgan fingerprint density at radius 3 is 2.23 bits per heavy atom. The Bertz CT molecular complexity index is 599. The Kier molecular flexibility index (Phi) is 4.90. The number of piperazine rings is 1. The lowest BCUT2D eigenvalue weighted by Gasteiger charge is -2.33. The van der Waals surface area contributed by atoms with E-state index in [0.717, 1.165) is 55.9 Å². The van der Waals surface area contributed by atoms with E-state index in [-0.39, 0.29) is 0 Å². The minimum Gasteiger partial charge on any atom is -0.448 e. The molecule has 0 spiro atoms. The predicted octanol–water partition coefficient (Wildman–Crippen LogP) is 2.88. The van der Waals surface area contributed by atoms with Gasteiger partial charge in [-0.15, -0.1) is 11.3 Å². The molecule has 0 amide bonds. The second kappa shape index (κ2) is 6.89. The second-order valence-corrected chi connectivity index (χ2v) is 7.30. The van der Waals surface area contributed by atoms with Gasteiger partial charge in [-0.1, -0.05) is 13.8 Å². The van der Waals surface area contributed by atoms with Crippen LogP contribution >= 0.6 is 11.3 Å². The molecule has 0 saturated carbocycles. The van der Waals surface area contributed by atoms with Gasteiger partial charge < -0.3 is 4.42 Å². The highest BCUT2D eigenvalue weighted by molar-refractivity contribution is 7.09. The highest BCUT2D eigenvalue weighted by Crippen LogP contribution is 2.16. The van der Waals surface area contributed by atoms with E-state index >= 15 is 0 Å². The van der Waals surface area contributed by atoms with Gasteiger partial charge in [0, 0.05) is 50.6 Å². The molecule has 0 unspecified atom stereocenters. The van der Waals surface area contributed by atoms with Crippen molar-refractivity contribution in [2.45, 2.75) is 39.8 Å². The van der Waals surface area contributed by atoms with Crippen LogP contribution in [-0.2, 0) is 13.1 Å². The number of hydrogen-bond acceptors (Lipinski definition) is 6. The molecule has 120 valence electrons. The third-order valence-corrected chi connectivity index (χ3v) is 4.79. The Labute approximate surface area is 136 Å². The van der Waals surface area contributed by atoms with Crippen molar-refractivity contribution in [3.63, 3.8) is 0 Å². The number of nitrogens with zero attached hydrogens (tertiary/aromatic N) is 4. The molecule has 22 heavy (non-hydrogen) atoms. The van der Waals surface area contributed by atoms with Gasteiger partial charge in [0.2, 0.25) is 0 Å². The lowest BCUT2D eigenvalue weighted by atomic mass is 10.2. The number of thiazole rings is 1. The van der Waals surface area contributed by atoms with Crippen LogP contribution in [0.3, 0.4) is 0 Å². The first-order valence-electron chi connectivity index (χ1n) is 7.90. The number of oxazole rings is 1. The summed E-state index contributed by atoms with van der Waals surface area (Å²) in [5.74, 6) is 1.19. The number of rotatable bonds is 5. The normalized spacial score (nSPS) is 17.5. The highest BCUT2D eigenvalue weighted by atomic mass is 32.1. The zero-order chi connectivity index (χ0) is 15.5. The smallest absolute Gasteiger partial charge is 0.196 e. The van der Waals surface area contributed by atoms with E-state index in [2.05, 4.69) is 45.9 Å². The average molecular weight is 320 g/mol. The van der Waals surface area contributed by atoms with Gasteiger partial charge in [-0.2, -0.15) is 0 Å². The fourth-order valence-corrected chi connectivity index (χ4v) is 3.31. The third kappa shape index (κ3) is 3.94. The van der Waals surface area contributed by atoms with Crippen molar-refractivity contribution in [3.8, 4) is 0 Å². The molecular weight excluding hydrogens is 296 g/mol. The van der Waals surface area contributed by atoms with Crippen LogP contribution in [0.15, 0.2) is 16.1 Å². The molecular formula is C16H24N4OS. The SMILES string of the molecule is Cc1nc(CN2CCN(Cc3coc(C(C)C)n3)CC2)cs1. The molecule has 5 nitrogen and oxygen atoms in total. The number of aromatic nitrogens is 2. The van der Waals surface area contributed by atoms with Crippen LogP contribution in [0.5, 0.6) is 0 Å². The molecule has 0 aliphatic carbocycles. The van der Waals surface area contributed by atoms with Gasteiger partial charge in [0.1, 0.15) is 6.26 Å². The molecule has 0 atom stereocenters. The Morgan fingerprint density at radius 2 is 1.73 bits per heavy atom. The van der Waals surface area contributed by atoms with Crippen LogP contribution in [0.4, 0.5) is 0 Å². The maximum absolute atomic E-state index is 5.51. The molecule has 0 bridgehead atoms. The summed E-state index contributed by atoms with van der Waals surface area (Å²) in [6.45, 7) is 12.5. The average Bonchev–Trinajstić information content (AvgIpc) is 3.10. The number of hydrogen-bond donors (Lipinski definition) is 0. The summed E-state index contributed by atoms with van der Waals surface area (Å²) in [6, 6.07) is 0. The maximum Gasteiger partial charge on any atom is 0.196 e. The van der Waals surface area contributed by atoms with Crippen molar-refractivity contribution in [2.24, 2.45) is 0 Å². The lowest BCUT2D eigenvalue weighted by Crippen LogP contribution is -2.45. The maximum atomic E-state index is 5.51. The van der Waals surface area contributed by atoms with Crippen LogP contribution in [0, 0.1) is 6.92 Å². The summed E-state index contributed by atoms with van der Waals surface area (Å²) >= 11 is 1.73. The molecule has 3 rings (SSSR count). The topological polar surface area (TPSA) is 45.4 Å².